The minimum absolute atomic E-state index is 0.178. The molecule has 1 heterocycles. The summed E-state index contributed by atoms with van der Waals surface area (Å²) in [4.78, 5) is 13.6. The summed E-state index contributed by atoms with van der Waals surface area (Å²) < 4.78 is 0. The summed E-state index contributed by atoms with van der Waals surface area (Å²) in [5.41, 5.74) is 2.89. The quantitative estimate of drug-likeness (QED) is 0.888. The lowest BCUT2D eigenvalue weighted by atomic mass is 9.85. The molecule has 1 aromatic rings. The Morgan fingerprint density at radius 3 is 2.89 bits per heavy atom. The highest BCUT2D eigenvalue weighted by molar-refractivity contribution is 5.70. The van der Waals surface area contributed by atoms with Crippen molar-refractivity contribution in [2.45, 2.75) is 38.1 Å². The Labute approximate surface area is 114 Å². The van der Waals surface area contributed by atoms with Crippen molar-refractivity contribution >= 4 is 5.97 Å². The van der Waals surface area contributed by atoms with E-state index in [0.29, 0.717) is 12.6 Å². The van der Waals surface area contributed by atoms with Crippen LogP contribution in [0.2, 0.25) is 0 Å². The second kappa shape index (κ2) is 5.33. The highest BCUT2D eigenvalue weighted by Crippen LogP contribution is 2.36. The molecule has 1 saturated heterocycles. The molecule has 0 aromatic heterocycles. The number of aryl methyl sites for hydroxylation is 1. The van der Waals surface area contributed by atoms with Gasteiger partial charge >= 0.3 is 5.97 Å². The van der Waals surface area contributed by atoms with E-state index in [0.717, 1.165) is 19.4 Å². The molecule has 0 radical (unpaired) electrons. The van der Waals surface area contributed by atoms with Crippen molar-refractivity contribution in [3.8, 4) is 0 Å². The van der Waals surface area contributed by atoms with Crippen LogP contribution in [0.3, 0.4) is 0 Å². The van der Waals surface area contributed by atoms with E-state index in [4.69, 9.17) is 0 Å². The third kappa shape index (κ3) is 2.52. The van der Waals surface area contributed by atoms with Gasteiger partial charge < -0.3 is 5.11 Å². The van der Waals surface area contributed by atoms with Crippen LogP contribution in [0.5, 0.6) is 0 Å². The van der Waals surface area contributed by atoms with Gasteiger partial charge in [-0.1, -0.05) is 24.3 Å². The van der Waals surface area contributed by atoms with Gasteiger partial charge in [0.15, 0.2) is 0 Å². The van der Waals surface area contributed by atoms with Gasteiger partial charge in [0.1, 0.15) is 0 Å². The topological polar surface area (TPSA) is 40.5 Å². The largest absolute Gasteiger partial charge is 0.481 e. The molecule has 3 nitrogen and oxygen atoms in total. The van der Waals surface area contributed by atoms with Crippen LogP contribution in [-0.2, 0) is 11.2 Å². The van der Waals surface area contributed by atoms with Crippen LogP contribution in [0, 0.1) is 5.92 Å². The van der Waals surface area contributed by atoms with E-state index in [1.165, 1.54) is 30.4 Å². The van der Waals surface area contributed by atoms with E-state index < -0.39 is 5.97 Å². The number of fused-ring (bicyclic) bond motifs is 1. The number of carbonyl (C=O) groups is 1. The average molecular weight is 259 g/mol. The van der Waals surface area contributed by atoms with Gasteiger partial charge in [0.25, 0.3) is 0 Å². The molecule has 2 unspecified atom stereocenters. The third-order valence-corrected chi connectivity index (χ3v) is 4.58. The molecule has 102 valence electrons. The summed E-state index contributed by atoms with van der Waals surface area (Å²) in [6, 6.07) is 9.10. The zero-order valence-electron chi connectivity index (χ0n) is 11.2. The lowest BCUT2D eigenvalue weighted by Gasteiger charge is -2.39. The van der Waals surface area contributed by atoms with E-state index in [1.807, 2.05) is 0 Å². The summed E-state index contributed by atoms with van der Waals surface area (Å²) in [5.74, 6) is -0.809. The molecule has 0 saturated carbocycles. The fourth-order valence-corrected chi connectivity index (χ4v) is 3.60. The Hall–Kier alpha value is -1.35. The van der Waals surface area contributed by atoms with Crippen molar-refractivity contribution in [2.24, 2.45) is 5.92 Å². The predicted octanol–water partition coefficient (Wildman–Crippen LogP) is 2.86. The number of hydrogen-bond acceptors (Lipinski definition) is 2. The van der Waals surface area contributed by atoms with Gasteiger partial charge in [-0.3, -0.25) is 9.69 Å². The number of likely N-dealkylation sites (tertiary alicyclic amines) is 1. The van der Waals surface area contributed by atoms with Crippen LogP contribution < -0.4 is 0 Å². The summed E-state index contributed by atoms with van der Waals surface area (Å²) in [6.07, 6.45) is 5.40. The van der Waals surface area contributed by atoms with Crippen LogP contribution in [-0.4, -0.2) is 29.1 Å². The first-order chi connectivity index (χ1) is 9.25. The molecule has 1 aromatic carbocycles. The maximum absolute atomic E-state index is 11.2. The van der Waals surface area contributed by atoms with Crippen molar-refractivity contribution in [1.82, 2.24) is 4.90 Å². The Morgan fingerprint density at radius 2 is 2.05 bits per heavy atom. The number of piperidine rings is 1. The van der Waals surface area contributed by atoms with E-state index >= 15 is 0 Å². The first-order valence-corrected chi connectivity index (χ1v) is 7.30. The van der Waals surface area contributed by atoms with E-state index in [-0.39, 0.29) is 5.92 Å². The lowest BCUT2D eigenvalue weighted by molar-refractivity contribution is -0.144. The molecular weight excluding hydrogens is 238 g/mol. The number of rotatable bonds is 2. The number of carboxylic acids is 1. The standard InChI is InChI=1S/C16H21NO2/c18-16(19)13-7-4-10-17(11-13)15-9-3-6-12-5-1-2-8-14(12)15/h1-2,5,8,13,15H,3-4,6-7,9-11H2,(H,18,19). The van der Waals surface area contributed by atoms with Crippen LogP contribution in [0.1, 0.15) is 42.9 Å². The van der Waals surface area contributed by atoms with Gasteiger partial charge in [0.2, 0.25) is 0 Å². The minimum Gasteiger partial charge on any atom is -0.481 e. The molecule has 3 heteroatoms. The van der Waals surface area contributed by atoms with Crippen LogP contribution >= 0.6 is 0 Å². The molecule has 19 heavy (non-hydrogen) atoms. The highest BCUT2D eigenvalue weighted by atomic mass is 16.4. The lowest BCUT2D eigenvalue weighted by Crippen LogP contribution is -2.41. The number of nitrogens with zero attached hydrogens (tertiary/aromatic N) is 1. The van der Waals surface area contributed by atoms with Crippen molar-refractivity contribution in [1.29, 1.82) is 0 Å². The van der Waals surface area contributed by atoms with Gasteiger partial charge in [-0.05, 0) is 49.8 Å². The number of hydrogen-bond donors (Lipinski definition) is 1. The Bertz CT molecular complexity index is 472. The molecule has 3 rings (SSSR count). The van der Waals surface area contributed by atoms with E-state index in [1.54, 1.807) is 0 Å². The fourth-order valence-electron chi connectivity index (χ4n) is 3.60. The zero-order valence-corrected chi connectivity index (χ0v) is 11.2. The summed E-state index contributed by atoms with van der Waals surface area (Å²) in [7, 11) is 0. The molecule has 0 spiro atoms. The van der Waals surface area contributed by atoms with Gasteiger partial charge in [-0.15, -0.1) is 0 Å². The molecule has 1 N–H and O–H groups in total. The fraction of sp³-hybridized carbons (Fsp3) is 0.562. The molecule has 2 aliphatic rings. The SMILES string of the molecule is O=C(O)C1CCCN(C2CCCc3ccccc32)C1. The first-order valence-electron chi connectivity index (χ1n) is 7.30. The molecular formula is C16H21NO2. The van der Waals surface area contributed by atoms with Crippen molar-refractivity contribution < 1.29 is 9.90 Å². The summed E-state index contributed by atoms with van der Waals surface area (Å²) >= 11 is 0. The normalized spacial score (nSPS) is 27.8. The van der Waals surface area contributed by atoms with Gasteiger partial charge in [0.05, 0.1) is 5.92 Å². The smallest absolute Gasteiger partial charge is 0.307 e. The Kier molecular flexibility index (Phi) is 3.56. The Morgan fingerprint density at radius 1 is 1.21 bits per heavy atom. The van der Waals surface area contributed by atoms with Gasteiger partial charge in [-0.2, -0.15) is 0 Å². The number of aliphatic carboxylic acids is 1. The first kappa shape index (κ1) is 12.7. The summed E-state index contributed by atoms with van der Waals surface area (Å²) in [6.45, 7) is 1.76. The van der Waals surface area contributed by atoms with E-state index in [2.05, 4.69) is 29.2 Å². The molecule has 2 atom stereocenters. The van der Waals surface area contributed by atoms with Crippen LogP contribution in [0.15, 0.2) is 24.3 Å². The Balaban J connectivity index is 1.81. The van der Waals surface area contributed by atoms with Crippen LogP contribution in [0.4, 0.5) is 0 Å². The predicted molar refractivity (Wildman–Crippen MR) is 74.1 cm³/mol. The number of benzene rings is 1. The molecule has 0 bridgehead atoms. The molecule has 0 amide bonds. The van der Waals surface area contributed by atoms with Crippen molar-refractivity contribution in [3.05, 3.63) is 35.4 Å². The summed E-state index contributed by atoms with van der Waals surface area (Å²) in [5, 5.41) is 9.22. The second-order valence-corrected chi connectivity index (χ2v) is 5.78. The minimum atomic E-state index is -0.631. The molecule has 1 aliphatic carbocycles. The van der Waals surface area contributed by atoms with Gasteiger partial charge in [-0.25, -0.2) is 0 Å². The van der Waals surface area contributed by atoms with Crippen molar-refractivity contribution in [3.63, 3.8) is 0 Å². The number of carboxylic acid groups (broad SMARTS) is 1. The third-order valence-electron chi connectivity index (χ3n) is 4.58. The maximum Gasteiger partial charge on any atom is 0.307 e. The van der Waals surface area contributed by atoms with Crippen LogP contribution in [0.25, 0.3) is 0 Å². The monoisotopic (exact) mass is 259 g/mol. The zero-order chi connectivity index (χ0) is 13.2. The van der Waals surface area contributed by atoms with E-state index in [9.17, 15) is 9.90 Å². The van der Waals surface area contributed by atoms with Gasteiger partial charge in [0, 0.05) is 12.6 Å². The highest BCUT2D eigenvalue weighted by Gasteiger charge is 2.32. The maximum atomic E-state index is 11.2. The average Bonchev–Trinajstić information content (AvgIpc) is 2.47. The second-order valence-electron chi connectivity index (χ2n) is 5.78. The molecule has 1 fully saturated rings. The van der Waals surface area contributed by atoms with Crippen molar-refractivity contribution in [2.75, 3.05) is 13.1 Å². The molecule has 1 aliphatic heterocycles.